The van der Waals surface area contributed by atoms with Crippen LogP contribution >= 0.6 is 0 Å². The molecule has 0 fully saturated rings. The summed E-state index contributed by atoms with van der Waals surface area (Å²) in [6.45, 7) is 2.27. The third kappa shape index (κ3) is 3.41. The molecular formula is C23H19FN6. The number of pyridine rings is 1. The van der Waals surface area contributed by atoms with Crippen LogP contribution < -0.4 is 5.32 Å². The lowest BCUT2D eigenvalue weighted by molar-refractivity contribution is 0.613. The lowest BCUT2D eigenvalue weighted by Crippen LogP contribution is -2.02. The highest BCUT2D eigenvalue weighted by molar-refractivity contribution is 5.87. The van der Waals surface area contributed by atoms with Gasteiger partial charge in [0.15, 0.2) is 0 Å². The van der Waals surface area contributed by atoms with E-state index in [0.29, 0.717) is 18.1 Å². The van der Waals surface area contributed by atoms with Gasteiger partial charge in [-0.15, -0.1) is 0 Å². The SMILES string of the molecule is Cc1cccc(-c2[nH]c(NCc3ccccc3F)nc2-c2ccc3[nH]ncc3c2)n1. The maximum absolute atomic E-state index is 14.0. The minimum Gasteiger partial charge on any atom is -0.352 e. The smallest absolute Gasteiger partial charge is 0.201 e. The van der Waals surface area contributed by atoms with Gasteiger partial charge in [0, 0.05) is 28.8 Å². The first-order valence-electron chi connectivity index (χ1n) is 9.62. The molecule has 5 rings (SSSR count). The van der Waals surface area contributed by atoms with Crippen molar-refractivity contribution in [2.45, 2.75) is 13.5 Å². The second kappa shape index (κ2) is 7.44. The first-order chi connectivity index (χ1) is 14.7. The van der Waals surface area contributed by atoms with Crippen LogP contribution in [0.3, 0.4) is 0 Å². The molecule has 0 bridgehead atoms. The number of rotatable bonds is 5. The largest absolute Gasteiger partial charge is 0.352 e. The van der Waals surface area contributed by atoms with E-state index in [2.05, 4.69) is 25.5 Å². The Balaban J connectivity index is 1.56. The predicted octanol–water partition coefficient (Wildman–Crippen LogP) is 5.07. The highest BCUT2D eigenvalue weighted by Crippen LogP contribution is 2.32. The number of H-pyrrole nitrogens is 2. The lowest BCUT2D eigenvalue weighted by atomic mass is 10.1. The summed E-state index contributed by atoms with van der Waals surface area (Å²) in [6.07, 6.45) is 1.79. The molecular weight excluding hydrogens is 379 g/mol. The molecule has 7 heteroatoms. The monoisotopic (exact) mass is 398 g/mol. The van der Waals surface area contributed by atoms with Crippen molar-refractivity contribution in [1.29, 1.82) is 0 Å². The molecule has 0 spiro atoms. The van der Waals surface area contributed by atoms with Gasteiger partial charge in [-0.1, -0.05) is 30.3 Å². The minimum atomic E-state index is -0.247. The number of hydrogen-bond donors (Lipinski definition) is 3. The summed E-state index contributed by atoms with van der Waals surface area (Å²) >= 11 is 0. The fourth-order valence-electron chi connectivity index (χ4n) is 3.44. The van der Waals surface area contributed by atoms with E-state index in [1.165, 1.54) is 6.07 Å². The van der Waals surface area contributed by atoms with E-state index in [4.69, 9.17) is 4.98 Å². The first-order valence-corrected chi connectivity index (χ1v) is 9.62. The number of aryl methyl sites for hydroxylation is 1. The van der Waals surface area contributed by atoms with Gasteiger partial charge in [0.05, 0.1) is 28.8 Å². The molecule has 6 nitrogen and oxygen atoms in total. The summed E-state index contributed by atoms with van der Waals surface area (Å²) in [5.74, 6) is 0.307. The average Bonchev–Trinajstić information content (AvgIpc) is 3.39. The Morgan fingerprint density at radius 3 is 2.77 bits per heavy atom. The molecule has 30 heavy (non-hydrogen) atoms. The number of nitrogens with zero attached hydrogens (tertiary/aromatic N) is 3. The molecule has 2 aromatic carbocycles. The molecule has 0 radical (unpaired) electrons. The first kappa shape index (κ1) is 18.1. The standard InChI is InChI=1S/C23H19FN6/c1-14-5-4-8-20(27-14)22-21(15-9-10-19-17(11-15)13-26-30-19)28-23(29-22)25-12-16-6-2-3-7-18(16)24/h2-11,13H,12H2,1H3,(H,26,30)(H2,25,28,29). The zero-order valence-corrected chi connectivity index (χ0v) is 16.3. The van der Waals surface area contributed by atoms with Gasteiger partial charge >= 0.3 is 0 Å². The van der Waals surface area contributed by atoms with Crippen molar-refractivity contribution >= 4 is 16.9 Å². The van der Waals surface area contributed by atoms with Gasteiger partial charge in [-0.05, 0) is 37.3 Å². The zero-order chi connectivity index (χ0) is 20.5. The van der Waals surface area contributed by atoms with Crippen LogP contribution in [0.15, 0.2) is 66.9 Å². The van der Waals surface area contributed by atoms with Gasteiger partial charge in [0.25, 0.3) is 0 Å². The third-order valence-corrected chi connectivity index (χ3v) is 4.97. The number of fused-ring (bicyclic) bond motifs is 1. The molecule has 5 aromatic rings. The number of hydrogen-bond acceptors (Lipinski definition) is 4. The van der Waals surface area contributed by atoms with Crippen molar-refractivity contribution in [3.63, 3.8) is 0 Å². The molecule has 3 N–H and O–H groups in total. The van der Waals surface area contributed by atoms with E-state index < -0.39 is 0 Å². The predicted molar refractivity (Wildman–Crippen MR) is 115 cm³/mol. The fraction of sp³-hybridized carbons (Fsp3) is 0.0870. The van der Waals surface area contributed by atoms with Crippen molar-refractivity contribution in [2.75, 3.05) is 5.32 Å². The quantitative estimate of drug-likeness (QED) is 0.386. The summed E-state index contributed by atoms with van der Waals surface area (Å²) in [7, 11) is 0. The van der Waals surface area contributed by atoms with Crippen molar-refractivity contribution < 1.29 is 4.39 Å². The van der Waals surface area contributed by atoms with Crippen LogP contribution in [0.5, 0.6) is 0 Å². The molecule has 0 aliphatic heterocycles. The normalized spacial score (nSPS) is 11.1. The number of halogens is 1. The average molecular weight is 398 g/mol. The summed E-state index contributed by atoms with van der Waals surface area (Å²) < 4.78 is 14.0. The number of imidazole rings is 1. The topological polar surface area (TPSA) is 82.3 Å². The van der Waals surface area contributed by atoms with E-state index in [9.17, 15) is 4.39 Å². The van der Waals surface area contributed by atoms with Gasteiger partial charge in [0.1, 0.15) is 5.82 Å². The van der Waals surface area contributed by atoms with Crippen molar-refractivity contribution in [3.8, 4) is 22.6 Å². The molecule has 0 saturated heterocycles. The summed E-state index contributed by atoms with van der Waals surface area (Å²) in [5.41, 5.74) is 5.76. The number of anilines is 1. The Labute approximate surface area is 172 Å². The highest BCUT2D eigenvalue weighted by atomic mass is 19.1. The Morgan fingerprint density at radius 1 is 1.00 bits per heavy atom. The van der Waals surface area contributed by atoms with Crippen LogP contribution in [-0.4, -0.2) is 25.1 Å². The van der Waals surface area contributed by atoms with Gasteiger partial charge < -0.3 is 10.3 Å². The molecule has 3 aromatic heterocycles. The molecule has 148 valence electrons. The maximum Gasteiger partial charge on any atom is 0.201 e. The Bertz CT molecular complexity index is 1340. The van der Waals surface area contributed by atoms with E-state index in [-0.39, 0.29) is 5.82 Å². The highest BCUT2D eigenvalue weighted by Gasteiger charge is 2.16. The Morgan fingerprint density at radius 2 is 1.90 bits per heavy atom. The van der Waals surface area contributed by atoms with Gasteiger partial charge in [-0.2, -0.15) is 5.10 Å². The summed E-state index contributed by atoms with van der Waals surface area (Å²) in [5, 5.41) is 11.2. The van der Waals surface area contributed by atoms with Gasteiger partial charge in [-0.3, -0.25) is 10.1 Å². The number of benzene rings is 2. The molecule has 0 aliphatic rings. The number of aromatic amines is 2. The van der Waals surface area contributed by atoms with Gasteiger partial charge in [-0.25, -0.2) is 9.37 Å². The van der Waals surface area contributed by atoms with Crippen LogP contribution in [0.1, 0.15) is 11.3 Å². The number of nitrogens with one attached hydrogen (secondary N) is 3. The van der Waals surface area contributed by atoms with E-state index in [1.54, 1.807) is 18.3 Å². The molecule has 0 saturated carbocycles. The molecule has 0 amide bonds. The fourth-order valence-corrected chi connectivity index (χ4v) is 3.44. The zero-order valence-electron chi connectivity index (χ0n) is 16.3. The molecule has 0 unspecified atom stereocenters. The second-order valence-corrected chi connectivity index (χ2v) is 7.09. The van der Waals surface area contributed by atoms with Gasteiger partial charge in [0.2, 0.25) is 5.95 Å². The molecule has 3 heterocycles. The van der Waals surface area contributed by atoms with Crippen LogP contribution in [0, 0.1) is 12.7 Å². The maximum atomic E-state index is 14.0. The Kier molecular flexibility index (Phi) is 4.48. The van der Waals surface area contributed by atoms with Crippen molar-refractivity contribution in [2.24, 2.45) is 0 Å². The van der Waals surface area contributed by atoms with E-state index in [0.717, 1.165) is 39.2 Å². The number of aromatic nitrogens is 5. The summed E-state index contributed by atoms with van der Waals surface area (Å²) in [4.78, 5) is 12.7. The minimum absolute atomic E-state index is 0.247. The Hall–Kier alpha value is -4.00. The van der Waals surface area contributed by atoms with Crippen molar-refractivity contribution in [3.05, 3.63) is 83.9 Å². The second-order valence-electron chi connectivity index (χ2n) is 7.09. The van der Waals surface area contributed by atoms with E-state index in [1.807, 2.05) is 49.4 Å². The van der Waals surface area contributed by atoms with Crippen LogP contribution in [0.4, 0.5) is 10.3 Å². The van der Waals surface area contributed by atoms with Crippen molar-refractivity contribution in [1.82, 2.24) is 25.1 Å². The molecule has 0 aliphatic carbocycles. The third-order valence-electron chi connectivity index (χ3n) is 4.97. The van der Waals surface area contributed by atoms with Crippen LogP contribution in [-0.2, 0) is 6.54 Å². The molecule has 0 atom stereocenters. The van der Waals surface area contributed by atoms with Crippen LogP contribution in [0.2, 0.25) is 0 Å². The lowest BCUT2D eigenvalue weighted by Gasteiger charge is -2.04. The summed E-state index contributed by atoms with van der Waals surface area (Å²) in [6, 6.07) is 18.6. The van der Waals surface area contributed by atoms with Crippen LogP contribution in [0.25, 0.3) is 33.5 Å². The van der Waals surface area contributed by atoms with E-state index >= 15 is 0 Å².